The molecule has 0 saturated carbocycles. The molecule has 0 aromatic heterocycles. The summed E-state index contributed by atoms with van der Waals surface area (Å²) >= 11 is 6.21. The van der Waals surface area contributed by atoms with Gasteiger partial charge < -0.3 is 5.32 Å². The predicted octanol–water partition coefficient (Wildman–Crippen LogP) is 3.91. The van der Waals surface area contributed by atoms with E-state index >= 15 is 0 Å². The maximum Gasteiger partial charge on any atom is 0.258 e. The lowest BCUT2D eigenvalue weighted by atomic mass is 10.1. The Labute approximate surface area is 191 Å². The van der Waals surface area contributed by atoms with E-state index in [4.69, 9.17) is 11.6 Å². The van der Waals surface area contributed by atoms with Crippen LogP contribution in [0.5, 0.6) is 0 Å². The monoisotopic (exact) mass is 469 g/mol. The molecule has 1 N–H and O–H groups in total. The molecule has 7 nitrogen and oxygen atoms in total. The van der Waals surface area contributed by atoms with Gasteiger partial charge in [0.05, 0.1) is 29.9 Å². The van der Waals surface area contributed by atoms with E-state index in [1.807, 2.05) is 0 Å². The van der Waals surface area contributed by atoms with Crippen molar-refractivity contribution >= 4 is 50.5 Å². The van der Waals surface area contributed by atoms with E-state index in [0.29, 0.717) is 33.2 Å². The first kappa shape index (κ1) is 21.9. The van der Waals surface area contributed by atoms with Crippen LogP contribution in [0.25, 0.3) is 0 Å². The Morgan fingerprint density at radius 2 is 1.69 bits per heavy atom. The number of rotatable bonds is 5. The second kappa shape index (κ2) is 8.64. The van der Waals surface area contributed by atoms with E-state index in [2.05, 4.69) is 5.32 Å². The summed E-state index contributed by atoms with van der Waals surface area (Å²) in [6.07, 6.45) is 1.12. The highest BCUT2D eigenvalue weighted by atomic mass is 35.5. The Morgan fingerprint density at radius 1 is 1.03 bits per heavy atom. The number of nitrogens with zero attached hydrogens (tertiary/aromatic N) is 2. The fourth-order valence-corrected chi connectivity index (χ4v) is 4.60. The van der Waals surface area contributed by atoms with Crippen molar-refractivity contribution in [2.45, 2.75) is 6.54 Å². The number of sulfonamides is 1. The predicted molar refractivity (Wildman–Crippen MR) is 126 cm³/mol. The zero-order valence-electron chi connectivity index (χ0n) is 17.2. The number of nitrogens with one attached hydrogen (secondary N) is 1. The van der Waals surface area contributed by atoms with Gasteiger partial charge in [0.25, 0.3) is 5.91 Å². The van der Waals surface area contributed by atoms with Gasteiger partial charge in [-0.15, -0.1) is 0 Å². The summed E-state index contributed by atoms with van der Waals surface area (Å²) in [4.78, 5) is 26.6. The highest BCUT2D eigenvalue weighted by Gasteiger charge is 2.28. The lowest BCUT2D eigenvalue weighted by molar-refractivity contribution is -0.115. The van der Waals surface area contributed by atoms with Crippen molar-refractivity contribution in [2.75, 3.05) is 27.3 Å². The molecule has 0 bridgehead atoms. The summed E-state index contributed by atoms with van der Waals surface area (Å²) in [6, 6.07) is 20.3. The fraction of sp³-hybridized carbons (Fsp3) is 0.130. The van der Waals surface area contributed by atoms with Gasteiger partial charge in [0.2, 0.25) is 15.9 Å². The van der Waals surface area contributed by atoms with Gasteiger partial charge in [-0.25, -0.2) is 8.42 Å². The van der Waals surface area contributed by atoms with Crippen LogP contribution in [0, 0.1) is 0 Å². The molecule has 164 valence electrons. The standard InChI is InChI=1S/C23H20ClN3O4S/c1-32(30,31)27(14-17-6-2-3-7-19(17)24)18-12-10-16(11-13-18)23(29)26-15-22(28)25-20-8-4-5-9-21(20)26/h2-13H,14-15H2,1H3,(H,25,28). The smallest absolute Gasteiger partial charge is 0.258 e. The molecule has 1 aliphatic heterocycles. The number of amides is 2. The first-order valence-electron chi connectivity index (χ1n) is 9.76. The first-order valence-corrected chi connectivity index (χ1v) is 12.0. The van der Waals surface area contributed by atoms with E-state index in [-0.39, 0.29) is 24.9 Å². The summed E-state index contributed by atoms with van der Waals surface area (Å²) in [5, 5.41) is 3.22. The number of hydrogen-bond donors (Lipinski definition) is 1. The van der Waals surface area contributed by atoms with Crippen molar-refractivity contribution in [1.29, 1.82) is 0 Å². The average molecular weight is 470 g/mol. The van der Waals surface area contributed by atoms with Crippen LogP contribution in [0.4, 0.5) is 17.1 Å². The molecule has 0 aliphatic carbocycles. The number of anilines is 3. The van der Waals surface area contributed by atoms with Gasteiger partial charge in [0, 0.05) is 10.6 Å². The molecular weight excluding hydrogens is 450 g/mol. The fourth-order valence-electron chi connectivity index (χ4n) is 3.52. The Bertz CT molecular complexity index is 1290. The minimum atomic E-state index is -3.61. The minimum Gasteiger partial charge on any atom is -0.323 e. The molecule has 2 amide bonds. The summed E-state index contributed by atoms with van der Waals surface area (Å²) in [5.41, 5.74) is 2.58. The van der Waals surface area contributed by atoms with Crippen LogP contribution < -0.4 is 14.5 Å². The Morgan fingerprint density at radius 3 is 2.38 bits per heavy atom. The molecule has 1 heterocycles. The summed E-state index contributed by atoms with van der Waals surface area (Å²) in [6.45, 7) is -0.0367. The van der Waals surface area contributed by atoms with Crippen molar-refractivity contribution in [2.24, 2.45) is 0 Å². The van der Waals surface area contributed by atoms with Crippen molar-refractivity contribution in [3.8, 4) is 0 Å². The zero-order chi connectivity index (χ0) is 22.9. The molecule has 3 aromatic rings. The van der Waals surface area contributed by atoms with Gasteiger partial charge in [0.15, 0.2) is 0 Å². The number of benzene rings is 3. The largest absolute Gasteiger partial charge is 0.323 e. The third kappa shape index (κ3) is 4.46. The third-order valence-corrected chi connectivity index (χ3v) is 6.60. The molecule has 0 saturated heterocycles. The Hall–Kier alpha value is -3.36. The molecule has 0 atom stereocenters. The molecule has 9 heteroatoms. The SMILES string of the molecule is CS(=O)(=O)N(Cc1ccccc1Cl)c1ccc(C(=O)N2CC(=O)Nc3ccccc32)cc1. The lowest BCUT2D eigenvalue weighted by Crippen LogP contribution is -2.42. The Balaban J connectivity index is 1.62. The number of para-hydroxylation sites is 2. The second-order valence-corrected chi connectivity index (χ2v) is 9.68. The van der Waals surface area contributed by atoms with Gasteiger partial charge in [-0.05, 0) is 48.0 Å². The molecule has 0 unspecified atom stereocenters. The number of halogens is 1. The maximum absolute atomic E-state index is 13.1. The molecule has 0 radical (unpaired) electrons. The van der Waals surface area contributed by atoms with Gasteiger partial charge in [0.1, 0.15) is 6.54 Å². The number of hydrogen-bond acceptors (Lipinski definition) is 4. The van der Waals surface area contributed by atoms with Crippen molar-refractivity contribution in [1.82, 2.24) is 0 Å². The van der Waals surface area contributed by atoms with E-state index in [9.17, 15) is 18.0 Å². The minimum absolute atomic E-state index is 0.0610. The zero-order valence-corrected chi connectivity index (χ0v) is 18.7. The normalized spacial score (nSPS) is 13.3. The maximum atomic E-state index is 13.1. The summed E-state index contributed by atoms with van der Waals surface area (Å²) < 4.78 is 26.1. The van der Waals surface area contributed by atoms with Crippen molar-refractivity contribution in [3.05, 3.63) is 88.9 Å². The molecule has 0 spiro atoms. The number of fused-ring (bicyclic) bond motifs is 1. The van der Waals surface area contributed by atoms with E-state index in [1.54, 1.807) is 72.8 Å². The number of carbonyl (C=O) groups excluding carboxylic acids is 2. The molecule has 4 rings (SSSR count). The van der Waals surface area contributed by atoms with Crippen LogP contribution in [0.2, 0.25) is 5.02 Å². The highest BCUT2D eigenvalue weighted by molar-refractivity contribution is 7.92. The molecular formula is C23H20ClN3O4S. The lowest BCUT2D eigenvalue weighted by Gasteiger charge is -2.29. The van der Waals surface area contributed by atoms with Crippen molar-refractivity contribution < 1.29 is 18.0 Å². The highest BCUT2D eigenvalue weighted by Crippen LogP contribution is 2.31. The molecule has 32 heavy (non-hydrogen) atoms. The van der Waals surface area contributed by atoms with Crippen LogP contribution in [0.15, 0.2) is 72.8 Å². The van der Waals surface area contributed by atoms with E-state index in [0.717, 1.165) is 6.26 Å². The van der Waals surface area contributed by atoms with Crippen LogP contribution in [0.3, 0.4) is 0 Å². The first-order chi connectivity index (χ1) is 15.2. The molecule has 0 fully saturated rings. The van der Waals surface area contributed by atoms with E-state index in [1.165, 1.54) is 9.21 Å². The van der Waals surface area contributed by atoms with Gasteiger partial charge in [-0.2, -0.15) is 0 Å². The van der Waals surface area contributed by atoms with Gasteiger partial charge in [-0.1, -0.05) is 41.9 Å². The molecule has 3 aromatic carbocycles. The van der Waals surface area contributed by atoms with Crippen molar-refractivity contribution in [3.63, 3.8) is 0 Å². The molecule has 1 aliphatic rings. The van der Waals surface area contributed by atoms with Crippen LogP contribution in [0.1, 0.15) is 15.9 Å². The van der Waals surface area contributed by atoms with Gasteiger partial charge >= 0.3 is 0 Å². The third-order valence-electron chi connectivity index (χ3n) is 5.09. The number of carbonyl (C=O) groups is 2. The average Bonchev–Trinajstić information content (AvgIpc) is 2.77. The van der Waals surface area contributed by atoms with E-state index < -0.39 is 10.0 Å². The summed E-state index contributed by atoms with van der Waals surface area (Å²) in [7, 11) is -3.61. The van der Waals surface area contributed by atoms with Crippen LogP contribution in [-0.4, -0.2) is 33.0 Å². The summed E-state index contributed by atoms with van der Waals surface area (Å²) in [5.74, 6) is -0.632. The van der Waals surface area contributed by atoms with Crippen LogP contribution >= 0.6 is 11.6 Å². The Kier molecular flexibility index (Phi) is 5.90. The van der Waals surface area contributed by atoms with Crippen LogP contribution in [-0.2, 0) is 21.4 Å². The van der Waals surface area contributed by atoms with Gasteiger partial charge in [-0.3, -0.25) is 18.8 Å². The quantitative estimate of drug-likeness (QED) is 0.613. The topological polar surface area (TPSA) is 86.8 Å². The second-order valence-electron chi connectivity index (χ2n) is 7.36.